The van der Waals surface area contributed by atoms with Gasteiger partial charge in [0.2, 0.25) is 0 Å². The molecule has 3 nitrogen and oxygen atoms in total. The highest BCUT2D eigenvalue weighted by Gasteiger charge is 2.56. The number of fused-ring (bicyclic) bond motifs is 2. The zero-order valence-corrected chi connectivity index (χ0v) is 12.5. The van der Waals surface area contributed by atoms with Gasteiger partial charge in [-0.3, -0.25) is 10.1 Å². The van der Waals surface area contributed by atoms with E-state index in [0.717, 1.165) is 19.3 Å². The number of ether oxygens (including phenoxy) is 1. The maximum absolute atomic E-state index is 12.5. The Kier molecular flexibility index (Phi) is 3.13. The summed E-state index contributed by atoms with van der Waals surface area (Å²) in [6.45, 7) is 5.78. The Morgan fingerprint density at radius 1 is 1.30 bits per heavy atom. The molecule has 3 rings (SSSR count). The van der Waals surface area contributed by atoms with Crippen molar-refractivity contribution in [3.63, 3.8) is 0 Å². The van der Waals surface area contributed by atoms with Crippen molar-refractivity contribution in [2.75, 3.05) is 0 Å². The zero-order valence-electron chi connectivity index (χ0n) is 12.5. The molecule has 2 aliphatic heterocycles. The number of carbonyl (C=O) groups excluding carboxylic acids is 1. The lowest BCUT2D eigenvalue weighted by Gasteiger charge is -2.30. The van der Waals surface area contributed by atoms with Crippen LogP contribution in [0, 0.1) is 0 Å². The standard InChI is InChI=1S/C17H23NO2/c1-16(2,3)20-15(19)17-10-9-14(18-17)13(11-17)12-7-5-4-6-8-12/h4-8,13-14,18H,9-11H2,1-3H3/t13-,14-,17+/m1/s1. The molecule has 0 saturated carbocycles. The third-order valence-electron chi connectivity index (χ3n) is 4.42. The van der Waals surface area contributed by atoms with Crippen molar-refractivity contribution in [2.24, 2.45) is 0 Å². The van der Waals surface area contributed by atoms with Gasteiger partial charge in [0.25, 0.3) is 0 Å². The van der Waals surface area contributed by atoms with E-state index in [-0.39, 0.29) is 5.97 Å². The lowest BCUT2D eigenvalue weighted by molar-refractivity contribution is -0.162. The van der Waals surface area contributed by atoms with Crippen LogP contribution in [-0.2, 0) is 9.53 Å². The number of benzene rings is 1. The van der Waals surface area contributed by atoms with E-state index in [1.54, 1.807) is 0 Å². The zero-order chi connectivity index (χ0) is 14.4. The lowest BCUT2D eigenvalue weighted by atomic mass is 9.78. The molecule has 0 radical (unpaired) electrons. The summed E-state index contributed by atoms with van der Waals surface area (Å²) in [4.78, 5) is 12.5. The van der Waals surface area contributed by atoms with Gasteiger partial charge < -0.3 is 4.74 Å². The van der Waals surface area contributed by atoms with Crippen molar-refractivity contribution in [1.29, 1.82) is 0 Å². The van der Waals surface area contributed by atoms with Crippen molar-refractivity contribution in [1.82, 2.24) is 5.32 Å². The van der Waals surface area contributed by atoms with Crippen LogP contribution in [0.5, 0.6) is 0 Å². The molecule has 3 atom stereocenters. The van der Waals surface area contributed by atoms with Gasteiger partial charge in [-0.05, 0) is 45.6 Å². The van der Waals surface area contributed by atoms with Gasteiger partial charge in [0, 0.05) is 12.0 Å². The Hall–Kier alpha value is -1.35. The monoisotopic (exact) mass is 273 g/mol. The Balaban J connectivity index is 1.79. The Morgan fingerprint density at radius 2 is 2.00 bits per heavy atom. The normalized spacial score (nSPS) is 32.4. The first kappa shape index (κ1) is 13.6. The van der Waals surface area contributed by atoms with Gasteiger partial charge in [0.05, 0.1) is 0 Å². The second-order valence-corrected chi connectivity index (χ2v) is 7.09. The molecule has 2 fully saturated rings. The molecule has 0 aliphatic carbocycles. The van der Waals surface area contributed by atoms with E-state index in [0.29, 0.717) is 12.0 Å². The third-order valence-corrected chi connectivity index (χ3v) is 4.42. The van der Waals surface area contributed by atoms with Crippen LogP contribution in [0.25, 0.3) is 0 Å². The van der Waals surface area contributed by atoms with Gasteiger partial charge in [-0.2, -0.15) is 0 Å². The molecule has 3 heteroatoms. The van der Waals surface area contributed by atoms with Crippen LogP contribution < -0.4 is 5.32 Å². The van der Waals surface area contributed by atoms with Gasteiger partial charge in [-0.1, -0.05) is 30.3 Å². The molecule has 1 aromatic carbocycles. The van der Waals surface area contributed by atoms with Gasteiger partial charge in [-0.25, -0.2) is 0 Å². The van der Waals surface area contributed by atoms with Crippen LogP contribution in [0.3, 0.4) is 0 Å². The van der Waals surface area contributed by atoms with Crippen LogP contribution >= 0.6 is 0 Å². The number of hydrogen-bond donors (Lipinski definition) is 1. The smallest absolute Gasteiger partial charge is 0.326 e. The Morgan fingerprint density at radius 3 is 2.65 bits per heavy atom. The largest absolute Gasteiger partial charge is 0.459 e. The molecule has 20 heavy (non-hydrogen) atoms. The number of esters is 1. The summed E-state index contributed by atoms with van der Waals surface area (Å²) in [5.41, 5.74) is 0.449. The fraction of sp³-hybridized carbons (Fsp3) is 0.588. The molecule has 0 amide bonds. The summed E-state index contributed by atoms with van der Waals surface area (Å²) in [5.74, 6) is 0.350. The SMILES string of the molecule is CC(C)(C)OC(=O)[C@@]12CC[C@@H](N1)[C@@H](c1ccccc1)C2. The van der Waals surface area contributed by atoms with E-state index in [9.17, 15) is 4.79 Å². The Labute approximate surface area is 120 Å². The molecular weight excluding hydrogens is 250 g/mol. The number of hydrogen-bond acceptors (Lipinski definition) is 3. The minimum atomic E-state index is -0.460. The first-order valence-electron chi connectivity index (χ1n) is 7.46. The minimum Gasteiger partial charge on any atom is -0.459 e. The van der Waals surface area contributed by atoms with Crippen LogP contribution in [-0.4, -0.2) is 23.2 Å². The molecule has 2 heterocycles. The van der Waals surface area contributed by atoms with Gasteiger partial charge in [-0.15, -0.1) is 0 Å². The molecule has 1 N–H and O–H groups in total. The maximum atomic E-state index is 12.5. The molecule has 2 bridgehead atoms. The van der Waals surface area contributed by atoms with Crippen molar-refractivity contribution >= 4 is 5.97 Å². The van der Waals surface area contributed by atoms with Crippen LogP contribution in [0.4, 0.5) is 0 Å². The number of carbonyl (C=O) groups is 1. The molecule has 0 aromatic heterocycles. The van der Waals surface area contributed by atoms with E-state index < -0.39 is 11.1 Å². The van der Waals surface area contributed by atoms with E-state index in [1.807, 2.05) is 26.8 Å². The van der Waals surface area contributed by atoms with Crippen molar-refractivity contribution < 1.29 is 9.53 Å². The van der Waals surface area contributed by atoms with Crippen molar-refractivity contribution in [2.45, 2.75) is 63.1 Å². The molecule has 0 spiro atoms. The van der Waals surface area contributed by atoms with Gasteiger partial charge in [0.15, 0.2) is 0 Å². The molecule has 108 valence electrons. The van der Waals surface area contributed by atoms with Gasteiger partial charge in [0.1, 0.15) is 11.1 Å². The summed E-state index contributed by atoms with van der Waals surface area (Å²) in [6.07, 6.45) is 2.81. The second kappa shape index (κ2) is 4.59. The average molecular weight is 273 g/mol. The fourth-order valence-corrected chi connectivity index (χ4v) is 3.55. The topological polar surface area (TPSA) is 38.3 Å². The maximum Gasteiger partial charge on any atom is 0.326 e. The molecule has 0 unspecified atom stereocenters. The molecule has 2 aliphatic rings. The van der Waals surface area contributed by atoms with Gasteiger partial charge >= 0.3 is 5.97 Å². The predicted molar refractivity (Wildman–Crippen MR) is 78.5 cm³/mol. The van der Waals surface area contributed by atoms with E-state index >= 15 is 0 Å². The van der Waals surface area contributed by atoms with E-state index in [4.69, 9.17) is 4.74 Å². The molecule has 2 saturated heterocycles. The lowest BCUT2D eigenvalue weighted by Crippen LogP contribution is -2.48. The van der Waals surface area contributed by atoms with Crippen LogP contribution in [0.2, 0.25) is 0 Å². The molecule has 1 aromatic rings. The summed E-state index contributed by atoms with van der Waals surface area (Å²) in [7, 11) is 0. The number of nitrogens with one attached hydrogen (secondary N) is 1. The summed E-state index contributed by atoms with van der Waals surface area (Å²) in [5, 5.41) is 3.54. The predicted octanol–water partition coefficient (Wildman–Crippen LogP) is 3.01. The fourth-order valence-electron chi connectivity index (χ4n) is 3.55. The number of rotatable bonds is 2. The first-order chi connectivity index (χ1) is 9.40. The highest BCUT2D eigenvalue weighted by molar-refractivity contribution is 5.82. The highest BCUT2D eigenvalue weighted by atomic mass is 16.6. The van der Waals surface area contributed by atoms with E-state index in [1.165, 1.54) is 5.56 Å². The van der Waals surface area contributed by atoms with Crippen LogP contribution in [0.15, 0.2) is 30.3 Å². The summed E-state index contributed by atoms with van der Waals surface area (Å²) in [6, 6.07) is 10.9. The minimum absolute atomic E-state index is 0.0778. The van der Waals surface area contributed by atoms with Crippen molar-refractivity contribution in [3.8, 4) is 0 Å². The van der Waals surface area contributed by atoms with Crippen molar-refractivity contribution in [3.05, 3.63) is 35.9 Å². The van der Waals surface area contributed by atoms with E-state index in [2.05, 4.69) is 29.6 Å². The third kappa shape index (κ3) is 2.35. The quantitative estimate of drug-likeness (QED) is 0.842. The van der Waals surface area contributed by atoms with Crippen LogP contribution in [0.1, 0.15) is 51.5 Å². The highest BCUT2D eigenvalue weighted by Crippen LogP contribution is 2.47. The first-order valence-corrected chi connectivity index (χ1v) is 7.46. The summed E-state index contributed by atoms with van der Waals surface area (Å²) >= 11 is 0. The average Bonchev–Trinajstić information content (AvgIpc) is 2.97. The molecular formula is C17H23NO2. The second-order valence-electron chi connectivity index (χ2n) is 7.09. The Bertz CT molecular complexity index is 505. The summed E-state index contributed by atoms with van der Waals surface area (Å²) < 4.78 is 5.63.